The van der Waals surface area contributed by atoms with Gasteiger partial charge >= 0.3 is 0 Å². The normalized spacial score (nSPS) is 10.4. The summed E-state index contributed by atoms with van der Waals surface area (Å²) in [4.78, 5) is 18.4. The van der Waals surface area contributed by atoms with Crippen molar-refractivity contribution in [1.29, 1.82) is 5.26 Å². The first kappa shape index (κ1) is 17.0. The predicted octanol–water partition coefficient (Wildman–Crippen LogP) is 3.02. The zero-order valence-corrected chi connectivity index (χ0v) is 13.5. The smallest absolute Gasteiger partial charge is 0.270 e. The van der Waals surface area contributed by atoms with Crippen molar-refractivity contribution in [2.24, 2.45) is 0 Å². The number of rotatable bonds is 4. The van der Waals surface area contributed by atoms with Gasteiger partial charge in [0.1, 0.15) is 17.4 Å². The topological polar surface area (TPSA) is 78.8 Å². The molecule has 23 heavy (non-hydrogen) atoms. The Morgan fingerprint density at radius 3 is 2.70 bits per heavy atom. The Morgan fingerprint density at radius 1 is 1.43 bits per heavy atom. The highest BCUT2D eigenvalue weighted by molar-refractivity contribution is 7.98. The summed E-state index contributed by atoms with van der Waals surface area (Å²) >= 11 is 1.12. The van der Waals surface area contributed by atoms with Crippen LogP contribution in [0.2, 0.25) is 0 Å². The zero-order chi connectivity index (χ0) is 17.1. The Balaban J connectivity index is 2.84. The summed E-state index contributed by atoms with van der Waals surface area (Å²) in [6.07, 6.45) is 1.66. The maximum Gasteiger partial charge on any atom is 0.270 e. The SMILES string of the molecule is CCOc1cc(-c2nc(SC)[nH]c(=O)c2C#N)c(F)c(F)c1C. The minimum atomic E-state index is -1.17. The van der Waals surface area contributed by atoms with Crippen LogP contribution in [-0.4, -0.2) is 22.8 Å². The van der Waals surface area contributed by atoms with Crippen molar-refractivity contribution in [3.63, 3.8) is 0 Å². The molecule has 1 aromatic heterocycles. The summed E-state index contributed by atoms with van der Waals surface area (Å²) in [7, 11) is 0. The molecule has 0 unspecified atom stereocenters. The number of aromatic amines is 1. The molecule has 0 saturated carbocycles. The maximum atomic E-state index is 14.4. The van der Waals surface area contributed by atoms with Crippen LogP contribution in [0.3, 0.4) is 0 Å². The molecule has 0 bridgehead atoms. The van der Waals surface area contributed by atoms with E-state index >= 15 is 0 Å². The Morgan fingerprint density at radius 2 is 2.13 bits per heavy atom. The lowest BCUT2D eigenvalue weighted by atomic mass is 10.0. The average Bonchev–Trinajstić information content (AvgIpc) is 2.54. The Bertz CT molecular complexity index is 859. The largest absolute Gasteiger partial charge is 0.493 e. The molecule has 0 saturated heterocycles. The van der Waals surface area contributed by atoms with Crippen LogP contribution in [0, 0.1) is 29.9 Å². The van der Waals surface area contributed by atoms with Crippen LogP contribution in [-0.2, 0) is 0 Å². The van der Waals surface area contributed by atoms with Gasteiger partial charge in [0.15, 0.2) is 16.8 Å². The van der Waals surface area contributed by atoms with Crippen molar-refractivity contribution < 1.29 is 13.5 Å². The van der Waals surface area contributed by atoms with Crippen molar-refractivity contribution in [1.82, 2.24) is 9.97 Å². The molecule has 1 N–H and O–H groups in total. The molecule has 0 radical (unpaired) electrons. The first-order valence-electron chi connectivity index (χ1n) is 6.64. The van der Waals surface area contributed by atoms with Crippen LogP contribution in [0.15, 0.2) is 16.0 Å². The molecule has 0 spiro atoms. The standard InChI is InChI=1S/C15H13F2N3O2S/c1-4-22-10-5-8(12(17)11(16)7(10)2)13-9(6-18)14(21)20-15(19-13)23-3/h5H,4H2,1-3H3,(H,19,20,21). The Hall–Kier alpha value is -2.40. The van der Waals surface area contributed by atoms with Gasteiger partial charge in [-0.25, -0.2) is 13.8 Å². The van der Waals surface area contributed by atoms with Crippen LogP contribution in [0.25, 0.3) is 11.3 Å². The van der Waals surface area contributed by atoms with Crippen LogP contribution in [0.5, 0.6) is 5.75 Å². The number of thioether (sulfide) groups is 1. The molecule has 1 aromatic carbocycles. The number of aromatic nitrogens is 2. The van der Waals surface area contributed by atoms with Gasteiger partial charge in [-0.3, -0.25) is 4.79 Å². The molecule has 2 aromatic rings. The number of halogens is 2. The van der Waals surface area contributed by atoms with E-state index in [-0.39, 0.29) is 39.9 Å². The first-order chi connectivity index (χ1) is 10.9. The molecule has 0 amide bonds. The highest BCUT2D eigenvalue weighted by Crippen LogP contribution is 2.33. The first-order valence-corrected chi connectivity index (χ1v) is 7.87. The monoisotopic (exact) mass is 337 g/mol. The molecule has 0 fully saturated rings. The quantitative estimate of drug-likeness (QED) is 0.685. The van der Waals surface area contributed by atoms with E-state index in [1.54, 1.807) is 19.2 Å². The van der Waals surface area contributed by atoms with Crippen LogP contribution in [0.1, 0.15) is 18.1 Å². The number of hydrogen-bond donors (Lipinski definition) is 1. The fraction of sp³-hybridized carbons (Fsp3) is 0.267. The van der Waals surface area contributed by atoms with Crippen LogP contribution in [0.4, 0.5) is 8.78 Å². The number of benzene rings is 1. The second-order valence-electron chi connectivity index (χ2n) is 4.52. The lowest BCUT2D eigenvalue weighted by Gasteiger charge is -2.13. The second kappa shape index (κ2) is 6.79. The molecule has 0 aliphatic rings. The summed E-state index contributed by atoms with van der Waals surface area (Å²) in [6.45, 7) is 3.35. The van der Waals surface area contributed by atoms with E-state index in [2.05, 4.69) is 9.97 Å². The maximum absolute atomic E-state index is 14.4. The third-order valence-corrected chi connectivity index (χ3v) is 3.74. The van der Waals surface area contributed by atoms with Gasteiger partial charge in [-0.05, 0) is 26.2 Å². The third-order valence-electron chi connectivity index (χ3n) is 3.16. The van der Waals surface area contributed by atoms with Crippen molar-refractivity contribution >= 4 is 11.8 Å². The van der Waals surface area contributed by atoms with Gasteiger partial charge < -0.3 is 9.72 Å². The summed E-state index contributed by atoms with van der Waals surface area (Å²) in [5.74, 6) is -2.13. The van der Waals surface area contributed by atoms with Crippen molar-refractivity contribution in [2.45, 2.75) is 19.0 Å². The van der Waals surface area contributed by atoms with E-state index in [1.165, 1.54) is 13.0 Å². The van der Waals surface area contributed by atoms with Crippen LogP contribution < -0.4 is 10.3 Å². The van der Waals surface area contributed by atoms with Gasteiger partial charge in [0.25, 0.3) is 5.56 Å². The molecule has 0 aliphatic heterocycles. The third kappa shape index (κ3) is 3.05. The highest BCUT2D eigenvalue weighted by atomic mass is 32.2. The number of nitrogens with one attached hydrogen (secondary N) is 1. The number of H-pyrrole nitrogens is 1. The number of hydrogen-bond acceptors (Lipinski definition) is 5. The summed E-state index contributed by atoms with van der Waals surface area (Å²) in [5, 5.41) is 9.34. The highest BCUT2D eigenvalue weighted by Gasteiger charge is 2.22. The molecular weight excluding hydrogens is 324 g/mol. The number of nitriles is 1. The summed E-state index contributed by atoms with van der Waals surface area (Å²) < 4.78 is 33.8. The minimum absolute atomic E-state index is 0.0153. The zero-order valence-electron chi connectivity index (χ0n) is 12.7. The van der Waals surface area contributed by atoms with E-state index in [0.29, 0.717) is 0 Å². The lowest BCUT2D eigenvalue weighted by molar-refractivity contribution is 0.333. The van der Waals surface area contributed by atoms with Gasteiger partial charge in [-0.15, -0.1) is 0 Å². The van der Waals surface area contributed by atoms with Gasteiger partial charge in [0.2, 0.25) is 0 Å². The second-order valence-corrected chi connectivity index (χ2v) is 5.31. The number of ether oxygens (including phenoxy) is 1. The number of nitrogens with zero attached hydrogens (tertiary/aromatic N) is 2. The predicted molar refractivity (Wildman–Crippen MR) is 82.6 cm³/mol. The summed E-state index contributed by atoms with van der Waals surface area (Å²) in [5.41, 5.74) is -1.57. The lowest BCUT2D eigenvalue weighted by Crippen LogP contribution is -2.15. The van der Waals surface area contributed by atoms with E-state index < -0.39 is 17.2 Å². The molecule has 0 aliphatic carbocycles. The van der Waals surface area contributed by atoms with Crippen LogP contribution >= 0.6 is 11.8 Å². The summed E-state index contributed by atoms with van der Waals surface area (Å²) in [6, 6.07) is 2.93. The van der Waals surface area contributed by atoms with Gasteiger partial charge in [0.05, 0.1) is 12.3 Å². The molecular formula is C15H13F2N3O2S. The Kier molecular flexibility index (Phi) is 5.01. The average molecular weight is 337 g/mol. The van der Waals surface area contributed by atoms with E-state index in [4.69, 9.17) is 10.00 Å². The Labute approximate surface area is 135 Å². The molecule has 8 heteroatoms. The van der Waals surface area contributed by atoms with Crippen molar-refractivity contribution in [3.05, 3.63) is 39.2 Å². The molecule has 0 atom stereocenters. The van der Waals surface area contributed by atoms with Gasteiger partial charge in [-0.1, -0.05) is 11.8 Å². The van der Waals surface area contributed by atoms with Gasteiger partial charge in [0, 0.05) is 11.1 Å². The fourth-order valence-electron chi connectivity index (χ4n) is 2.02. The van der Waals surface area contributed by atoms with E-state index in [0.717, 1.165) is 11.8 Å². The molecule has 120 valence electrons. The molecule has 5 nitrogen and oxygen atoms in total. The van der Waals surface area contributed by atoms with Crippen molar-refractivity contribution in [2.75, 3.05) is 12.9 Å². The molecule has 1 heterocycles. The fourth-order valence-corrected chi connectivity index (χ4v) is 2.40. The molecule has 2 rings (SSSR count). The van der Waals surface area contributed by atoms with Gasteiger partial charge in [-0.2, -0.15) is 5.26 Å². The minimum Gasteiger partial charge on any atom is -0.493 e. The van der Waals surface area contributed by atoms with E-state index in [9.17, 15) is 13.6 Å². The van der Waals surface area contributed by atoms with Crippen molar-refractivity contribution in [3.8, 4) is 23.1 Å². The van der Waals surface area contributed by atoms with E-state index in [1.807, 2.05) is 0 Å².